The van der Waals surface area contributed by atoms with E-state index in [9.17, 15) is 0 Å². The van der Waals surface area contributed by atoms with Crippen LogP contribution >= 0.6 is 0 Å². The maximum Gasteiger partial charge on any atom is 0.00670 e. The maximum absolute atomic E-state index is 3.83. The number of nitrogens with zero attached hydrogens (tertiary/aromatic N) is 1. The highest BCUT2D eigenvalue weighted by Crippen LogP contribution is 2.11. The molecule has 1 heterocycles. The van der Waals surface area contributed by atoms with Crippen LogP contribution in [0.15, 0.2) is 0 Å². The summed E-state index contributed by atoms with van der Waals surface area (Å²) in [6.07, 6.45) is 15.3. The molecule has 0 atom stereocenters. The third kappa shape index (κ3) is 8.97. The topological polar surface area (TPSA) is 15.3 Å². The van der Waals surface area contributed by atoms with E-state index < -0.39 is 0 Å². The predicted octanol–water partition coefficient (Wildman–Crippen LogP) is 4.59. The average molecular weight is 283 g/mol. The summed E-state index contributed by atoms with van der Waals surface area (Å²) >= 11 is 0. The van der Waals surface area contributed by atoms with Crippen LogP contribution in [0.1, 0.15) is 84.5 Å². The molecule has 0 aromatic carbocycles. The van der Waals surface area contributed by atoms with E-state index >= 15 is 0 Å². The Morgan fingerprint density at radius 3 is 2.00 bits per heavy atom. The Labute approximate surface area is 127 Å². The van der Waals surface area contributed by atoms with E-state index in [1.165, 1.54) is 96.8 Å². The largest absolute Gasteiger partial charge is 0.314 e. The highest BCUT2D eigenvalue weighted by Gasteiger charge is 2.11. The average Bonchev–Trinajstić information content (AvgIpc) is 2.96. The van der Waals surface area contributed by atoms with Crippen molar-refractivity contribution >= 4 is 0 Å². The molecule has 2 nitrogen and oxygen atoms in total. The Balaban J connectivity index is 2.06. The van der Waals surface area contributed by atoms with Gasteiger partial charge >= 0.3 is 0 Å². The van der Waals surface area contributed by atoms with Crippen LogP contribution in [-0.4, -0.2) is 37.1 Å². The van der Waals surface area contributed by atoms with Gasteiger partial charge in [-0.1, -0.05) is 52.4 Å². The molecule has 1 fully saturated rings. The van der Waals surface area contributed by atoms with E-state index in [1.807, 2.05) is 0 Å². The fraction of sp³-hybridized carbons (Fsp3) is 1.00. The van der Waals surface area contributed by atoms with Crippen LogP contribution < -0.4 is 5.32 Å². The van der Waals surface area contributed by atoms with E-state index in [-0.39, 0.29) is 0 Å². The zero-order valence-corrected chi connectivity index (χ0v) is 14.1. The second kappa shape index (κ2) is 12.6. The summed E-state index contributed by atoms with van der Waals surface area (Å²) in [5.41, 5.74) is 0. The van der Waals surface area contributed by atoms with Crippen molar-refractivity contribution in [1.29, 1.82) is 0 Å². The molecule has 20 heavy (non-hydrogen) atoms. The van der Waals surface area contributed by atoms with Crippen molar-refractivity contribution in [3.05, 3.63) is 0 Å². The third-order valence-corrected chi connectivity index (χ3v) is 4.60. The second-order valence-corrected chi connectivity index (χ2v) is 6.54. The van der Waals surface area contributed by atoms with Crippen molar-refractivity contribution in [3.63, 3.8) is 0 Å². The van der Waals surface area contributed by atoms with Crippen LogP contribution in [0.3, 0.4) is 0 Å². The molecular formula is C18H38N2. The summed E-state index contributed by atoms with van der Waals surface area (Å²) in [5.74, 6) is 0. The Hall–Kier alpha value is -0.0800. The highest BCUT2D eigenvalue weighted by atomic mass is 15.1. The van der Waals surface area contributed by atoms with Crippen molar-refractivity contribution in [1.82, 2.24) is 10.2 Å². The zero-order chi connectivity index (χ0) is 14.5. The number of nitrogens with one attached hydrogen (secondary N) is 1. The van der Waals surface area contributed by atoms with Gasteiger partial charge in [-0.15, -0.1) is 0 Å². The Kier molecular flexibility index (Phi) is 11.4. The van der Waals surface area contributed by atoms with Gasteiger partial charge in [-0.2, -0.15) is 0 Å². The van der Waals surface area contributed by atoms with E-state index in [4.69, 9.17) is 0 Å². The van der Waals surface area contributed by atoms with E-state index in [0.29, 0.717) is 0 Å². The first-order valence-electron chi connectivity index (χ1n) is 9.32. The molecule has 0 amide bonds. The standard InChI is InChI=1S/C18H38N2/c1-3-5-7-12-18(13-8-6-4-2)19-14-11-17-20-15-9-10-16-20/h18-19H,3-17H2,1-2H3. The van der Waals surface area contributed by atoms with Crippen LogP contribution in [0.5, 0.6) is 0 Å². The number of hydrogen-bond donors (Lipinski definition) is 1. The highest BCUT2D eigenvalue weighted by molar-refractivity contribution is 4.70. The molecule has 2 heteroatoms. The predicted molar refractivity (Wildman–Crippen MR) is 90.4 cm³/mol. The van der Waals surface area contributed by atoms with Crippen molar-refractivity contribution in [2.24, 2.45) is 0 Å². The molecule has 1 rings (SSSR count). The fourth-order valence-corrected chi connectivity index (χ4v) is 3.25. The number of unbranched alkanes of at least 4 members (excludes halogenated alkanes) is 4. The lowest BCUT2D eigenvalue weighted by atomic mass is 10.0. The van der Waals surface area contributed by atoms with E-state index in [2.05, 4.69) is 24.1 Å². The third-order valence-electron chi connectivity index (χ3n) is 4.60. The first-order chi connectivity index (χ1) is 9.86. The summed E-state index contributed by atoms with van der Waals surface area (Å²) in [7, 11) is 0. The second-order valence-electron chi connectivity index (χ2n) is 6.54. The summed E-state index contributed by atoms with van der Waals surface area (Å²) in [5, 5.41) is 3.83. The molecule has 0 aliphatic carbocycles. The smallest absolute Gasteiger partial charge is 0.00670 e. The molecule has 0 spiro atoms. The van der Waals surface area contributed by atoms with Gasteiger partial charge in [0.25, 0.3) is 0 Å². The van der Waals surface area contributed by atoms with Crippen LogP contribution in [0, 0.1) is 0 Å². The van der Waals surface area contributed by atoms with Crippen LogP contribution in [-0.2, 0) is 0 Å². The fourth-order valence-electron chi connectivity index (χ4n) is 3.25. The monoisotopic (exact) mass is 282 g/mol. The number of likely N-dealkylation sites (tertiary alicyclic amines) is 1. The summed E-state index contributed by atoms with van der Waals surface area (Å²) in [6, 6.07) is 0.784. The lowest BCUT2D eigenvalue weighted by Gasteiger charge is -2.20. The lowest BCUT2D eigenvalue weighted by molar-refractivity contribution is 0.322. The van der Waals surface area contributed by atoms with Crippen molar-refractivity contribution in [2.45, 2.75) is 90.5 Å². The van der Waals surface area contributed by atoms with Crippen LogP contribution in [0.2, 0.25) is 0 Å². The van der Waals surface area contributed by atoms with E-state index in [0.717, 1.165) is 6.04 Å². The lowest BCUT2D eigenvalue weighted by Crippen LogP contribution is -2.32. The summed E-state index contributed by atoms with van der Waals surface area (Å²) in [4.78, 5) is 2.63. The SMILES string of the molecule is CCCCCC(CCCCC)NCCCN1CCCC1. The molecule has 0 radical (unpaired) electrons. The molecule has 1 N–H and O–H groups in total. The van der Waals surface area contributed by atoms with Gasteiger partial charge in [0.05, 0.1) is 0 Å². The number of hydrogen-bond acceptors (Lipinski definition) is 2. The minimum atomic E-state index is 0.784. The quantitative estimate of drug-likeness (QED) is 0.497. The summed E-state index contributed by atoms with van der Waals surface area (Å²) < 4.78 is 0. The molecule has 0 aromatic rings. The van der Waals surface area contributed by atoms with Crippen LogP contribution in [0.25, 0.3) is 0 Å². The van der Waals surface area contributed by atoms with Gasteiger partial charge in [-0.05, 0) is 58.3 Å². The minimum Gasteiger partial charge on any atom is -0.314 e. The van der Waals surface area contributed by atoms with Gasteiger partial charge in [0.2, 0.25) is 0 Å². The number of rotatable bonds is 13. The van der Waals surface area contributed by atoms with Crippen molar-refractivity contribution in [3.8, 4) is 0 Å². The van der Waals surface area contributed by atoms with Gasteiger partial charge in [0.15, 0.2) is 0 Å². The maximum atomic E-state index is 3.83. The van der Waals surface area contributed by atoms with Gasteiger partial charge in [-0.25, -0.2) is 0 Å². The van der Waals surface area contributed by atoms with Gasteiger partial charge in [-0.3, -0.25) is 0 Å². The Morgan fingerprint density at radius 1 is 0.850 bits per heavy atom. The zero-order valence-electron chi connectivity index (χ0n) is 14.1. The van der Waals surface area contributed by atoms with Gasteiger partial charge in [0, 0.05) is 6.04 Å². The summed E-state index contributed by atoms with van der Waals surface area (Å²) in [6.45, 7) is 9.82. The van der Waals surface area contributed by atoms with Crippen molar-refractivity contribution in [2.75, 3.05) is 26.2 Å². The van der Waals surface area contributed by atoms with Gasteiger partial charge < -0.3 is 10.2 Å². The first-order valence-corrected chi connectivity index (χ1v) is 9.32. The molecule has 0 unspecified atom stereocenters. The molecule has 0 saturated carbocycles. The Bertz CT molecular complexity index is 190. The molecule has 120 valence electrons. The molecular weight excluding hydrogens is 244 g/mol. The van der Waals surface area contributed by atoms with Gasteiger partial charge in [0.1, 0.15) is 0 Å². The molecule has 1 aliphatic rings. The molecule has 0 aromatic heterocycles. The molecule has 1 saturated heterocycles. The molecule has 0 bridgehead atoms. The Morgan fingerprint density at radius 2 is 1.45 bits per heavy atom. The van der Waals surface area contributed by atoms with Crippen LogP contribution in [0.4, 0.5) is 0 Å². The minimum absolute atomic E-state index is 0.784. The molecule has 1 aliphatic heterocycles. The first kappa shape index (κ1) is 18.0. The van der Waals surface area contributed by atoms with Crippen molar-refractivity contribution < 1.29 is 0 Å². The van der Waals surface area contributed by atoms with E-state index in [1.54, 1.807) is 0 Å². The normalized spacial score (nSPS) is 16.4.